The molecule has 2 aromatic carbocycles. The number of rotatable bonds is 5. The lowest BCUT2D eigenvalue weighted by Crippen LogP contribution is -2.38. The van der Waals surface area contributed by atoms with E-state index in [-0.39, 0.29) is 5.41 Å². The number of methoxy groups -OCH3 is 1. The lowest BCUT2D eigenvalue weighted by Gasteiger charge is -2.36. The zero-order valence-corrected chi connectivity index (χ0v) is 14.6. The Morgan fingerprint density at radius 3 is 2.64 bits per heavy atom. The van der Waals surface area contributed by atoms with Crippen LogP contribution in [-0.4, -0.2) is 32.8 Å². The molecule has 1 heterocycles. The Labute approximate surface area is 148 Å². The van der Waals surface area contributed by atoms with Crippen LogP contribution in [0.4, 0.5) is 5.69 Å². The van der Waals surface area contributed by atoms with Crippen LogP contribution in [0.2, 0.25) is 0 Å². The van der Waals surface area contributed by atoms with Gasteiger partial charge in [0.2, 0.25) is 0 Å². The Hall–Kier alpha value is -2.53. The lowest BCUT2D eigenvalue weighted by molar-refractivity contribution is 0.0531. The number of nitrogens with zero attached hydrogens (tertiary/aromatic N) is 1. The van der Waals surface area contributed by atoms with E-state index in [1.54, 1.807) is 7.11 Å². The van der Waals surface area contributed by atoms with Gasteiger partial charge in [-0.25, -0.2) is 0 Å². The highest BCUT2D eigenvalue weighted by atomic mass is 16.5. The largest absolute Gasteiger partial charge is 0.497 e. The summed E-state index contributed by atoms with van der Waals surface area (Å²) in [6.07, 6.45) is 1.90. The van der Waals surface area contributed by atoms with Crippen LogP contribution in [-0.2, 0) is 10.2 Å². The maximum absolute atomic E-state index is 6.12. The minimum absolute atomic E-state index is 0.0137. The first-order valence-electron chi connectivity index (χ1n) is 8.56. The SMILES string of the molecule is COc1cccc(NC(N)=NCC2(c3ccccc3)CCOCC2)c1. The van der Waals surface area contributed by atoms with Crippen molar-refractivity contribution in [1.29, 1.82) is 0 Å². The maximum Gasteiger partial charge on any atom is 0.193 e. The second kappa shape index (κ2) is 8.03. The van der Waals surface area contributed by atoms with E-state index in [1.807, 2.05) is 30.3 Å². The van der Waals surface area contributed by atoms with Crippen LogP contribution in [0.5, 0.6) is 5.75 Å². The van der Waals surface area contributed by atoms with Gasteiger partial charge in [0.1, 0.15) is 5.75 Å². The molecule has 1 saturated heterocycles. The molecular weight excluding hydrogens is 314 g/mol. The zero-order chi connectivity index (χ0) is 17.5. The summed E-state index contributed by atoms with van der Waals surface area (Å²) in [5, 5.41) is 3.14. The smallest absolute Gasteiger partial charge is 0.193 e. The van der Waals surface area contributed by atoms with E-state index < -0.39 is 0 Å². The summed E-state index contributed by atoms with van der Waals surface area (Å²) in [5.74, 6) is 1.19. The number of hydrogen-bond donors (Lipinski definition) is 2. The second-order valence-corrected chi connectivity index (χ2v) is 6.32. The van der Waals surface area contributed by atoms with Crippen LogP contribution >= 0.6 is 0 Å². The van der Waals surface area contributed by atoms with Gasteiger partial charge < -0.3 is 20.5 Å². The molecule has 3 N–H and O–H groups in total. The van der Waals surface area contributed by atoms with Crippen molar-refractivity contribution in [3.8, 4) is 5.75 Å². The van der Waals surface area contributed by atoms with Gasteiger partial charge in [-0.05, 0) is 30.5 Å². The van der Waals surface area contributed by atoms with Crippen LogP contribution in [0, 0.1) is 0 Å². The highest BCUT2D eigenvalue weighted by Gasteiger charge is 2.34. The molecule has 0 saturated carbocycles. The normalized spacial score (nSPS) is 17.1. The molecule has 0 atom stereocenters. The van der Waals surface area contributed by atoms with Gasteiger partial charge in [0.25, 0.3) is 0 Å². The molecule has 0 unspecified atom stereocenters. The van der Waals surface area contributed by atoms with Crippen molar-refractivity contribution >= 4 is 11.6 Å². The number of aliphatic imine (C=N–C) groups is 1. The summed E-state index contributed by atoms with van der Waals surface area (Å²) < 4.78 is 10.8. The predicted molar refractivity (Wildman–Crippen MR) is 101 cm³/mol. The summed E-state index contributed by atoms with van der Waals surface area (Å²) in [6, 6.07) is 18.2. The fourth-order valence-corrected chi connectivity index (χ4v) is 3.22. The molecule has 0 aliphatic carbocycles. The Kier molecular flexibility index (Phi) is 5.56. The number of hydrogen-bond acceptors (Lipinski definition) is 3. The third kappa shape index (κ3) is 4.31. The van der Waals surface area contributed by atoms with Crippen molar-refractivity contribution in [3.63, 3.8) is 0 Å². The molecule has 0 amide bonds. The third-order valence-corrected chi connectivity index (χ3v) is 4.73. The first kappa shape index (κ1) is 17.3. The molecule has 132 valence electrons. The predicted octanol–water partition coefficient (Wildman–Crippen LogP) is 3.17. The number of nitrogens with one attached hydrogen (secondary N) is 1. The van der Waals surface area contributed by atoms with E-state index in [9.17, 15) is 0 Å². The molecule has 0 spiro atoms. The Morgan fingerprint density at radius 2 is 1.92 bits per heavy atom. The summed E-state index contributed by atoms with van der Waals surface area (Å²) >= 11 is 0. The van der Waals surface area contributed by atoms with E-state index in [2.05, 4.69) is 34.6 Å². The van der Waals surface area contributed by atoms with E-state index in [4.69, 9.17) is 15.2 Å². The van der Waals surface area contributed by atoms with Gasteiger partial charge in [0, 0.05) is 30.4 Å². The minimum Gasteiger partial charge on any atom is -0.497 e. The number of anilines is 1. The van der Waals surface area contributed by atoms with Gasteiger partial charge in [-0.1, -0.05) is 36.4 Å². The van der Waals surface area contributed by atoms with Gasteiger partial charge in [0.05, 0.1) is 13.7 Å². The number of ether oxygens (including phenoxy) is 2. The van der Waals surface area contributed by atoms with E-state index in [1.165, 1.54) is 5.56 Å². The minimum atomic E-state index is -0.0137. The molecule has 1 aliphatic heterocycles. The Bertz CT molecular complexity index is 710. The molecule has 0 bridgehead atoms. The van der Waals surface area contributed by atoms with Gasteiger partial charge in [-0.2, -0.15) is 0 Å². The molecule has 3 rings (SSSR count). The molecular formula is C20H25N3O2. The number of benzene rings is 2. The fourth-order valence-electron chi connectivity index (χ4n) is 3.22. The highest BCUT2D eigenvalue weighted by molar-refractivity contribution is 5.92. The first-order chi connectivity index (χ1) is 12.2. The maximum atomic E-state index is 6.12. The van der Waals surface area contributed by atoms with Gasteiger partial charge in [-0.3, -0.25) is 4.99 Å². The fraction of sp³-hybridized carbons (Fsp3) is 0.350. The highest BCUT2D eigenvalue weighted by Crippen LogP contribution is 2.35. The first-order valence-corrected chi connectivity index (χ1v) is 8.56. The standard InChI is InChI=1S/C20H25N3O2/c1-24-18-9-5-8-17(14-18)23-19(21)22-15-20(10-12-25-13-11-20)16-6-3-2-4-7-16/h2-9,14H,10-13,15H2,1H3,(H3,21,22,23). The van der Waals surface area contributed by atoms with Crippen molar-refractivity contribution in [2.45, 2.75) is 18.3 Å². The van der Waals surface area contributed by atoms with Gasteiger partial charge in [-0.15, -0.1) is 0 Å². The van der Waals surface area contributed by atoms with Crippen molar-refractivity contribution in [2.75, 3.05) is 32.2 Å². The third-order valence-electron chi connectivity index (χ3n) is 4.73. The molecule has 0 aromatic heterocycles. The lowest BCUT2D eigenvalue weighted by atomic mass is 9.74. The molecule has 1 aliphatic rings. The summed E-state index contributed by atoms with van der Waals surface area (Å²) in [7, 11) is 1.64. The summed E-state index contributed by atoms with van der Waals surface area (Å²) in [5.41, 5.74) is 8.27. The molecule has 2 aromatic rings. The summed E-state index contributed by atoms with van der Waals surface area (Å²) in [6.45, 7) is 2.16. The second-order valence-electron chi connectivity index (χ2n) is 6.32. The van der Waals surface area contributed by atoms with Crippen LogP contribution in [0.15, 0.2) is 59.6 Å². The zero-order valence-electron chi connectivity index (χ0n) is 14.6. The van der Waals surface area contributed by atoms with Gasteiger partial charge >= 0.3 is 0 Å². The van der Waals surface area contributed by atoms with Gasteiger partial charge in [0.15, 0.2) is 5.96 Å². The van der Waals surface area contributed by atoms with Crippen molar-refractivity contribution in [1.82, 2.24) is 0 Å². The van der Waals surface area contributed by atoms with E-state index >= 15 is 0 Å². The molecule has 5 nitrogen and oxygen atoms in total. The average molecular weight is 339 g/mol. The van der Waals surface area contributed by atoms with Crippen molar-refractivity contribution < 1.29 is 9.47 Å². The molecule has 1 fully saturated rings. The van der Waals surface area contributed by atoms with Crippen molar-refractivity contribution in [3.05, 3.63) is 60.2 Å². The van der Waals surface area contributed by atoms with Crippen LogP contribution in [0.3, 0.4) is 0 Å². The Morgan fingerprint density at radius 1 is 1.16 bits per heavy atom. The number of nitrogens with two attached hydrogens (primary N) is 1. The molecule has 5 heteroatoms. The van der Waals surface area contributed by atoms with E-state index in [0.717, 1.165) is 37.5 Å². The van der Waals surface area contributed by atoms with E-state index in [0.29, 0.717) is 12.5 Å². The Balaban J connectivity index is 1.74. The quantitative estimate of drug-likeness (QED) is 0.648. The molecule has 0 radical (unpaired) electrons. The summed E-state index contributed by atoms with van der Waals surface area (Å²) in [4.78, 5) is 4.63. The van der Waals surface area contributed by atoms with Crippen LogP contribution in [0.25, 0.3) is 0 Å². The average Bonchev–Trinajstić information content (AvgIpc) is 2.68. The topological polar surface area (TPSA) is 68.9 Å². The number of guanidine groups is 1. The van der Waals surface area contributed by atoms with Crippen LogP contribution < -0.4 is 15.8 Å². The molecule has 25 heavy (non-hydrogen) atoms. The monoisotopic (exact) mass is 339 g/mol. The van der Waals surface area contributed by atoms with Crippen LogP contribution in [0.1, 0.15) is 18.4 Å². The van der Waals surface area contributed by atoms with Crippen molar-refractivity contribution in [2.24, 2.45) is 10.7 Å².